The van der Waals surface area contributed by atoms with Gasteiger partial charge in [-0.1, -0.05) is 6.07 Å². The predicted molar refractivity (Wildman–Crippen MR) is 67.0 cm³/mol. The highest BCUT2D eigenvalue weighted by atomic mass is 15.2. The molecule has 0 unspecified atom stereocenters. The van der Waals surface area contributed by atoms with Crippen LogP contribution in [0, 0.1) is 0 Å². The quantitative estimate of drug-likeness (QED) is 0.483. The third-order valence-corrected chi connectivity index (χ3v) is 2.57. The number of nitrogens with two attached hydrogens (primary N) is 2. The van der Waals surface area contributed by atoms with Gasteiger partial charge in [0.15, 0.2) is 5.96 Å². The van der Waals surface area contributed by atoms with Crippen LogP contribution in [0.3, 0.4) is 0 Å². The molecule has 1 aromatic rings. The van der Waals surface area contributed by atoms with Gasteiger partial charge in [-0.2, -0.15) is 0 Å². The van der Waals surface area contributed by atoms with Crippen LogP contribution in [0.25, 0.3) is 0 Å². The maximum absolute atomic E-state index is 5.36. The SMILES string of the molecule is NC(N)=Nc1cccc(N2CCNCC2)c1. The van der Waals surface area contributed by atoms with E-state index in [1.54, 1.807) is 0 Å². The fourth-order valence-corrected chi connectivity index (χ4v) is 1.83. The molecule has 1 aliphatic heterocycles. The van der Waals surface area contributed by atoms with Crippen LogP contribution >= 0.6 is 0 Å². The average molecular weight is 219 g/mol. The van der Waals surface area contributed by atoms with Crippen molar-refractivity contribution in [2.24, 2.45) is 16.5 Å². The molecule has 0 atom stereocenters. The van der Waals surface area contributed by atoms with Crippen molar-refractivity contribution in [3.8, 4) is 0 Å². The summed E-state index contributed by atoms with van der Waals surface area (Å²) >= 11 is 0. The minimum absolute atomic E-state index is 0.0949. The first-order valence-corrected chi connectivity index (χ1v) is 5.41. The van der Waals surface area contributed by atoms with Gasteiger partial charge in [-0.15, -0.1) is 0 Å². The summed E-state index contributed by atoms with van der Waals surface area (Å²) < 4.78 is 0. The molecule has 16 heavy (non-hydrogen) atoms. The molecule has 1 heterocycles. The highest BCUT2D eigenvalue weighted by molar-refractivity contribution is 5.79. The van der Waals surface area contributed by atoms with E-state index in [2.05, 4.69) is 21.3 Å². The average Bonchev–Trinajstić information content (AvgIpc) is 2.30. The number of benzene rings is 1. The van der Waals surface area contributed by atoms with Gasteiger partial charge >= 0.3 is 0 Å². The van der Waals surface area contributed by atoms with Crippen LogP contribution in [0.5, 0.6) is 0 Å². The van der Waals surface area contributed by atoms with Gasteiger partial charge in [-0.25, -0.2) is 4.99 Å². The maximum Gasteiger partial charge on any atom is 0.191 e. The molecule has 0 spiro atoms. The van der Waals surface area contributed by atoms with E-state index < -0.39 is 0 Å². The molecule has 0 aliphatic carbocycles. The van der Waals surface area contributed by atoms with Gasteiger partial charge in [-0.05, 0) is 18.2 Å². The molecule has 0 saturated carbocycles. The van der Waals surface area contributed by atoms with Crippen molar-refractivity contribution in [3.05, 3.63) is 24.3 Å². The van der Waals surface area contributed by atoms with E-state index in [-0.39, 0.29) is 5.96 Å². The third-order valence-electron chi connectivity index (χ3n) is 2.57. The minimum atomic E-state index is 0.0949. The van der Waals surface area contributed by atoms with Gasteiger partial charge < -0.3 is 21.7 Å². The van der Waals surface area contributed by atoms with Crippen molar-refractivity contribution in [1.82, 2.24) is 5.32 Å². The second kappa shape index (κ2) is 4.85. The van der Waals surface area contributed by atoms with E-state index in [1.807, 2.05) is 18.2 Å². The summed E-state index contributed by atoms with van der Waals surface area (Å²) in [6.07, 6.45) is 0. The van der Waals surface area contributed by atoms with E-state index in [1.165, 1.54) is 5.69 Å². The normalized spacial score (nSPS) is 15.9. The van der Waals surface area contributed by atoms with Crippen LogP contribution in [-0.4, -0.2) is 32.1 Å². The van der Waals surface area contributed by atoms with Gasteiger partial charge in [-0.3, -0.25) is 0 Å². The topological polar surface area (TPSA) is 79.7 Å². The molecular formula is C11H17N5. The molecule has 0 radical (unpaired) electrons. The predicted octanol–water partition coefficient (Wildman–Crippen LogP) is 0.00110. The highest BCUT2D eigenvalue weighted by Gasteiger charge is 2.10. The number of nitrogens with one attached hydrogen (secondary N) is 1. The molecule has 1 aliphatic rings. The fraction of sp³-hybridized carbons (Fsp3) is 0.364. The molecule has 2 rings (SSSR count). The maximum atomic E-state index is 5.36. The Balaban J connectivity index is 2.17. The number of nitrogens with zero attached hydrogens (tertiary/aromatic N) is 2. The van der Waals surface area contributed by atoms with Crippen molar-refractivity contribution >= 4 is 17.3 Å². The summed E-state index contributed by atoms with van der Waals surface area (Å²) in [6, 6.07) is 7.95. The van der Waals surface area contributed by atoms with Crippen molar-refractivity contribution in [2.75, 3.05) is 31.1 Å². The van der Waals surface area contributed by atoms with Gasteiger partial charge in [0.25, 0.3) is 0 Å². The van der Waals surface area contributed by atoms with E-state index in [9.17, 15) is 0 Å². The number of rotatable bonds is 2. The lowest BCUT2D eigenvalue weighted by Crippen LogP contribution is -2.43. The second-order valence-electron chi connectivity index (χ2n) is 3.79. The monoisotopic (exact) mass is 219 g/mol. The zero-order chi connectivity index (χ0) is 11.4. The van der Waals surface area contributed by atoms with Crippen molar-refractivity contribution in [3.63, 3.8) is 0 Å². The molecule has 0 bridgehead atoms. The molecule has 1 saturated heterocycles. The molecule has 0 amide bonds. The molecule has 0 aromatic heterocycles. The molecular weight excluding hydrogens is 202 g/mol. The van der Waals surface area contributed by atoms with Crippen LogP contribution in [0.1, 0.15) is 0 Å². The van der Waals surface area contributed by atoms with Crippen LogP contribution in [0.15, 0.2) is 29.3 Å². The first-order chi connectivity index (χ1) is 7.75. The Bertz CT molecular complexity index is 378. The molecule has 86 valence electrons. The smallest absolute Gasteiger partial charge is 0.191 e. The van der Waals surface area contributed by atoms with Crippen molar-refractivity contribution in [2.45, 2.75) is 0 Å². The molecule has 1 aromatic carbocycles. The van der Waals surface area contributed by atoms with E-state index in [0.29, 0.717) is 0 Å². The zero-order valence-electron chi connectivity index (χ0n) is 9.19. The number of hydrogen-bond donors (Lipinski definition) is 3. The minimum Gasteiger partial charge on any atom is -0.370 e. The summed E-state index contributed by atoms with van der Waals surface area (Å²) in [5.74, 6) is 0.0949. The Morgan fingerprint density at radius 3 is 2.69 bits per heavy atom. The Morgan fingerprint density at radius 1 is 1.25 bits per heavy atom. The lowest BCUT2D eigenvalue weighted by molar-refractivity contribution is 0.589. The Morgan fingerprint density at radius 2 is 2.00 bits per heavy atom. The molecule has 1 fully saturated rings. The van der Waals surface area contributed by atoms with E-state index in [0.717, 1.165) is 31.9 Å². The van der Waals surface area contributed by atoms with E-state index >= 15 is 0 Å². The number of hydrogen-bond acceptors (Lipinski definition) is 3. The van der Waals surface area contributed by atoms with Gasteiger partial charge in [0.2, 0.25) is 0 Å². The zero-order valence-corrected chi connectivity index (χ0v) is 9.19. The van der Waals surface area contributed by atoms with E-state index in [4.69, 9.17) is 11.5 Å². The summed E-state index contributed by atoms with van der Waals surface area (Å²) in [6.45, 7) is 4.08. The Kier molecular flexibility index (Phi) is 3.26. The lowest BCUT2D eigenvalue weighted by atomic mass is 10.2. The van der Waals surface area contributed by atoms with Crippen LogP contribution in [0.4, 0.5) is 11.4 Å². The second-order valence-corrected chi connectivity index (χ2v) is 3.79. The largest absolute Gasteiger partial charge is 0.370 e. The summed E-state index contributed by atoms with van der Waals surface area (Å²) in [5.41, 5.74) is 12.7. The summed E-state index contributed by atoms with van der Waals surface area (Å²) in [7, 11) is 0. The number of aliphatic imine (C=N–C) groups is 1. The standard InChI is InChI=1S/C11H17N5/c12-11(13)15-9-2-1-3-10(8-9)16-6-4-14-5-7-16/h1-3,8,14H,4-7H2,(H4,12,13,15). The van der Waals surface area contributed by atoms with Crippen LogP contribution in [0.2, 0.25) is 0 Å². The fourth-order valence-electron chi connectivity index (χ4n) is 1.83. The number of guanidine groups is 1. The Hall–Kier alpha value is -1.75. The van der Waals surface area contributed by atoms with Gasteiger partial charge in [0.05, 0.1) is 5.69 Å². The first-order valence-electron chi connectivity index (χ1n) is 5.41. The molecule has 5 heteroatoms. The Labute approximate surface area is 95.1 Å². The molecule has 5 nitrogen and oxygen atoms in total. The first kappa shape index (κ1) is 10.8. The van der Waals surface area contributed by atoms with Crippen molar-refractivity contribution < 1.29 is 0 Å². The van der Waals surface area contributed by atoms with Gasteiger partial charge in [0, 0.05) is 31.9 Å². The van der Waals surface area contributed by atoms with Gasteiger partial charge in [0.1, 0.15) is 0 Å². The summed E-state index contributed by atoms with van der Waals surface area (Å²) in [4.78, 5) is 6.37. The van der Waals surface area contributed by atoms with Crippen molar-refractivity contribution in [1.29, 1.82) is 0 Å². The lowest BCUT2D eigenvalue weighted by Gasteiger charge is -2.29. The number of piperazine rings is 1. The number of anilines is 1. The summed E-state index contributed by atoms with van der Waals surface area (Å²) in [5, 5.41) is 3.32. The highest BCUT2D eigenvalue weighted by Crippen LogP contribution is 2.21. The molecule has 5 N–H and O–H groups in total. The van der Waals surface area contributed by atoms with Crippen LogP contribution < -0.4 is 21.7 Å². The third kappa shape index (κ3) is 2.64. The van der Waals surface area contributed by atoms with Crippen LogP contribution in [-0.2, 0) is 0 Å².